The third-order valence-corrected chi connectivity index (χ3v) is 5.07. The van der Waals surface area contributed by atoms with Gasteiger partial charge in [-0.25, -0.2) is 0 Å². The molecule has 0 saturated heterocycles. The Hall–Kier alpha value is -3.13. The monoisotopic (exact) mass is 414 g/mol. The molecule has 0 bridgehead atoms. The highest BCUT2D eigenvalue weighted by atomic mass is 32.1. The van der Waals surface area contributed by atoms with E-state index in [1.54, 1.807) is 24.7 Å². The van der Waals surface area contributed by atoms with Crippen molar-refractivity contribution in [1.29, 1.82) is 0 Å². The van der Waals surface area contributed by atoms with Crippen LogP contribution in [0.1, 0.15) is 13.3 Å². The van der Waals surface area contributed by atoms with Gasteiger partial charge in [-0.3, -0.25) is 9.59 Å². The third-order valence-electron chi connectivity index (χ3n) is 4.02. The maximum atomic E-state index is 12.4. The molecule has 0 saturated carbocycles. The van der Waals surface area contributed by atoms with Crippen LogP contribution in [0.15, 0.2) is 53.5 Å². The van der Waals surface area contributed by atoms with Crippen LogP contribution in [-0.2, 0) is 20.9 Å². The summed E-state index contributed by atoms with van der Waals surface area (Å²) < 4.78 is 18.6. The molecule has 0 atom stereocenters. The molecule has 7 nitrogen and oxygen atoms in total. The molecule has 0 aliphatic rings. The van der Waals surface area contributed by atoms with Crippen LogP contribution in [0.4, 0.5) is 0 Å². The Kier molecular flexibility index (Phi) is 7.02. The lowest BCUT2D eigenvalue weighted by molar-refractivity contribution is -0.143. The standard InChI is InChI=1S/C21H22N2O5S/c1-3-27-19(25)14-23-20-16(26-2)10-7-11-17(20)29-21(23)22-18(24)12-13-28-15-8-5-4-6-9-15/h4-11H,3,12-14H2,1-2H3. The molecule has 0 radical (unpaired) electrons. The van der Waals surface area contributed by atoms with E-state index in [9.17, 15) is 9.59 Å². The van der Waals surface area contributed by atoms with E-state index in [1.807, 2.05) is 42.5 Å². The molecule has 0 aliphatic heterocycles. The number of carbonyl (C=O) groups is 2. The number of hydrogen-bond acceptors (Lipinski definition) is 6. The Morgan fingerprint density at radius 2 is 1.90 bits per heavy atom. The molecule has 3 aromatic rings. The SMILES string of the molecule is CCOC(=O)Cn1c(=NC(=O)CCOc2ccccc2)sc2cccc(OC)c21. The van der Waals surface area contributed by atoms with Gasteiger partial charge in [0.1, 0.15) is 23.6 Å². The summed E-state index contributed by atoms with van der Waals surface area (Å²) in [5, 5.41) is 0. The van der Waals surface area contributed by atoms with E-state index in [0.29, 0.717) is 21.8 Å². The minimum atomic E-state index is -0.403. The first kappa shape index (κ1) is 20.6. The van der Waals surface area contributed by atoms with Crippen LogP contribution < -0.4 is 14.3 Å². The summed E-state index contributed by atoms with van der Waals surface area (Å²) in [6.45, 7) is 2.19. The minimum Gasteiger partial charge on any atom is -0.495 e. The Morgan fingerprint density at radius 3 is 2.62 bits per heavy atom. The molecule has 1 aromatic heterocycles. The summed E-state index contributed by atoms with van der Waals surface area (Å²) in [7, 11) is 1.56. The number of hydrogen-bond donors (Lipinski definition) is 0. The second-order valence-electron chi connectivity index (χ2n) is 6.00. The molecule has 0 fully saturated rings. The molecule has 0 N–H and O–H groups in total. The summed E-state index contributed by atoms with van der Waals surface area (Å²) in [6, 6.07) is 14.8. The lowest BCUT2D eigenvalue weighted by Gasteiger charge is -2.08. The predicted molar refractivity (Wildman–Crippen MR) is 110 cm³/mol. The fourth-order valence-electron chi connectivity index (χ4n) is 2.77. The number of aromatic nitrogens is 1. The van der Waals surface area contributed by atoms with Crippen molar-refractivity contribution >= 4 is 33.4 Å². The van der Waals surface area contributed by atoms with E-state index >= 15 is 0 Å². The van der Waals surface area contributed by atoms with Gasteiger partial charge in [-0.2, -0.15) is 4.99 Å². The smallest absolute Gasteiger partial charge is 0.326 e. The summed E-state index contributed by atoms with van der Waals surface area (Å²) in [5.74, 6) is 0.567. The van der Waals surface area contributed by atoms with Crippen molar-refractivity contribution in [2.24, 2.45) is 4.99 Å². The van der Waals surface area contributed by atoms with Crippen LogP contribution >= 0.6 is 11.3 Å². The van der Waals surface area contributed by atoms with Crippen molar-refractivity contribution < 1.29 is 23.8 Å². The van der Waals surface area contributed by atoms with Gasteiger partial charge in [0.15, 0.2) is 4.80 Å². The highest BCUT2D eigenvalue weighted by molar-refractivity contribution is 7.16. The zero-order valence-electron chi connectivity index (χ0n) is 16.3. The predicted octanol–water partition coefficient (Wildman–Crippen LogP) is 3.17. The molecule has 1 amide bonds. The second kappa shape index (κ2) is 9.88. The van der Waals surface area contributed by atoms with E-state index in [2.05, 4.69) is 4.99 Å². The molecular weight excluding hydrogens is 392 g/mol. The average Bonchev–Trinajstić information content (AvgIpc) is 3.06. The molecule has 0 spiro atoms. The molecule has 0 unspecified atom stereocenters. The maximum Gasteiger partial charge on any atom is 0.326 e. The molecule has 1 heterocycles. The summed E-state index contributed by atoms with van der Waals surface area (Å²) >= 11 is 1.32. The number of fused-ring (bicyclic) bond motifs is 1. The lowest BCUT2D eigenvalue weighted by Crippen LogP contribution is -2.23. The van der Waals surface area contributed by atoms with Gasteiger partial charge in [0, 0.05) is 0 Å². The summed E-state index contributed by atoms with van der Waals surface area (Å²) in [4.78, 5) is 29.1. The van der Waals surface area contributed by atoms with Crippen molar-refractivity contribution in [2.75, 3.05) is 20.3 Å². The molecule has 3 rings (SSSR count). The van der Waals surface area contributed by atoms with Crippen molar-refractivity contribution in [1.82, 2.24) is 4.57 Å². The van der Waals surface area contributed by atoms with E-state index in [0.717, 1.165) is 4.70 Å². The fourth-order valence-corrected chi connectivity index (χ4v) is 3.83. The molecule has 0 aliphatic carbocycles. The first-order valence-corrected chi connectivity index (χ1v) is 10.0. The van der Waals surface area contributed by atoms with Crippen LogP contribution in [0, 0.1) is 0 Å². The van der Waals surface area contributed by atoms with Gasteiger partial charge < -0.3 is 18.8 Å². The van der Waals surface area contributed by atoms with E-state index in [4.69, 9.17) is 14.2 Å². The number of rotatable bonds is 8. The number of ether oxygens (including phenoxy) is 3. The second-order valence-corrected chi connectivity index (χ2v) is 7.01. The average molecular weight is 414 g/mol. The number of amides is 1. The fraction of sp³-hybridized carbons (Fsp3) is 0.286. The van der Waals surface area contributed by atoms with Crippen molar-refractivity contribution in [2.45, 2.75) is 19.9 Å². The number of thiazole rings is 1. The zero-order valence-corrected chi connectivity index (χ0v) is 17.1. The minimum absolute atomic E-state index is 0.0547. The molecule has 29 heavy (non-hydrogen) atoms. The topological polar surface area (TPSA) is 79.1 Å². The van der Waals surface area contributed by atoms with Crippen molar-refractivity contribution in [3.8, 4) is 11.5 Å². The van der Waals surface area contributed by atoms with Crippen molar-refractivity contribution in [3.63, 3.8) is 0 Å². The Morgan fingerprint density at radius 1 is 1.10 bits per heavy atom. The Labute approximate surface area is 172 Å². The first-order valence-electron chi connectivity index (χ1n) is 9.19. The largest absolute Gasteiger partial charge is 0.495 e. The van der Waals surface area contributed by atoms with Gasteiger partial charge in [-0.05, 0) is 31.2 Å². The summed E-state index contributed by atoms with van der Waals surface area (Å²) in [6.07, 6.45) is 0.125. The summed E-state index contributed by atoms with van der Waals surface area (Å²) in [5.41, 5.74) is 0.708. The number of nitrogens with zero attached hydrogens (tertiary/aromatic N) is 2. The quantitative estimate of drug-likeness (QED) is 0.529. The highest BCUT2D eigenvalue weighted by Crippen LogP contribution is 2.27. The van der Waals surface area contributed by atoms with Gasteiger partial charge in [-0.1, -0.05) is 35.6 Å². The first-order chi connectivity index (χ1) is 14.1. The number of carbonyl (C=O) groups excluding carboxylic acids is 2. The number of esters is 1. The molecule has 2 aromatic carbocycles. The van der Waals surface area contributed by atoms with Crippen LogP contribution in [0.2, 0.25) is 0 Å². The zero-order chi connectivity index (χ0) is 20.6. The van der Waals surface area contributed by atoms with Gasteiger partial charge in [0.05, 0.1) is 31.4 Å². The van der Waals surface area contributed by atoms with Gasteiger partial charge in [0.2, 0.25) is 0 Å². The Balaban J connectivity index is 1.86. The van der Waals surface area contributed by atoms with Crippen LogP contribution in [0.3, 0.4) is 0 Å². The third kappa shape index (κ3) is 5.23. The van der Waals surface area contributed by atoms with Gasteiger partial charge >= 0.3 is 5.97 Å². The normalized spacial score (nSPS) is 11.4. The number of para-hydroxylation sites is 2. The van der Waals surface area contributed by atoms with Crippen LogP contribution in [-0.4, -0.2) is 36.8 Å². The molecular formula is C21H22N2O5S. The van der Waals surface area contributed by atoms with Gasteiger partial charge in [0.25, 0.3) is 5.91 Å². The molecule has 152 valence electrons. The van der Waals surface area contributed by atoms with Crippen LogP contribution in [0.25, 0.3) is 10.2 Å². The van der Waals surface area contributed by atoms with Crippen molar-refractivity contribution in [3.05, 3.63) is 53.3 Å². The van der Waals surface area contributed by atoms with E-state index in [-0.39, 0.29) is 32.1 Å². The Bertz CT molecular complexity index is 1060. The van der Waals surface area contributed by atoms with E-state index < -0.39 is 5.97 Å². The molecule has 8 heteroatoms. The number of benzene rings is 2. The van der Waals surface area contributed by atoms with E-state index in [1.165, 1.54) is 11.3 Å². The number of methoxy groups -OCH3 is 1. The maximum absolute atomic E-state index is 12.4. The highest BCUT2D eigenvalue weighted by Gasteiger charge is 2.15. The van der Waals surface area contributed by atoms with Gasteiger partial charge in [-0.15, -0.1) is 0 Å². The lowest BCUT2D eigenvalue weighted by atomic mass is 10.3. The van der Waals surface area contributed by atoms with Crippen LogP contribution in [0.5, 0.6) is 11.5 Å².